The lowest BCUT2D eigenvalue weighted by molar-refractivity contribution is 0.660. The summed E-state index contributed by atoms with van der Waals surface area (Å²) in [6.45, 7) is 9.64. The van der Waals surface area contributed by atoms with Gasteiger partial charge in [-0.1, -0.05) is 143 Å². The third-order valence-electron chi connectivity index (χ3n) is 10.6. The maximum Gasteiger partial charge on any atom is 0.0588 e. The number of hydrogen-bond donors (Lipinski definition) is 0. The summed E-state index contributed by atoms with van der Waals surface area (Å²) in [7, 11) is 0. The van der Waals surface area contributed by atoms with Crippen LogP contribution in [0.5, 0.6) is 0 Å². The smallest absolute Gasteiger partial charge is 0.0588 e. The van der Waals surface area contributed by atoms with Gasteiger partial charge in [0.1, 0.15) is 0 Å². The quantitative estimate of drug-likeness (QED) is 0.201. The fourth-order valence-corrected chi connectivity index (χ4v) is 8.56. The minimum absolute atomic E-state index is 0.119. The van der Waals surface area contributed by atoms with Crippen LogP contribution in [0.4, 0.5) is 0 Å². The average molecular weight is 566 g/mol. The van der Waals surface area contributed by atoms with Crippen molar-refractivity contribution in [1.82, 2.24) is 4.57 Å². The molecular formula is C43H35N. The molecule has 1 aromatic heterocycles. The van der Waals surface area contributed by atoms with Crippen LogP contribution in [0.2, 0.25) is 0 Å². The number of hydrogen-bond acceptors (Lipinski definition) is 0. The second-order valence-corrected chi connectivity index (χ2v) is 13.8. The second-order valence-electron chi connectivity index (χ2n) is 13.8. The van der Waals surface area contributed by atoms with Crippen molar-refractivity contribution in [3.63, 3.8) is 0 Å². The molecule has 0 bridgehead atoms. The Labute approximate surface area is 259 Å². The van der Waals surface area contributed by atoms with Crippen molar-refractivity contribution in [3.8, 4) is 27.9 Å². The molecule has 0 fully saturated rings. The molecule has 0 N–H and O–H groups in total. The molecule has 0 atom stereocenters. The summed E-state index contributed by atoms with van der Waals surface area (Å²) in [5.41, 5.74) is 17.5. The summed E-state index contributed by atoms with van der Waals surface area (Å²) in [4.78, 5) is 0. The van der Waals surface area contributed by atoms with Crippen molar-refractivity contribution in [1.29, 1.82) is 0 Å². The summed E-state index contributed by atoms with van der Waals surface area (Å²) in [5.74, 6) is 0. The van der Waals surface area contributed by atoms with Gasteiger partial charge in [-0.3, -0.25) is 0 Å². The molecule has 0 saturated heterocycles. The lowest BCUT2D eigenvalue weighted by Crippen LogP contribution is -2.18. The number of aromatic nitrogens is 1. The van der Waals surface area contributed by atoms with Gasteiger partial charge in [0.2, 0.25) is 0 Å². The van der Waals surface area contributed by atoms with E-state index in [2.05, 4.69) is 160 Å². The molecule has 6 aromatic carbocycles. The predicted octanol–water partition coefficient (Wildman–Crippen LogP) is 11.0. The van der Waals surface area contributed by atoms with Crippen molar-refractivity contribution < 1.29 is 0 Å². The van der Waals surface area contributed by atoms with Gasteiger partial charge in [0, 0.05) is 27.3 Å². The lowest BCUT2D eigenvalue weighted by Gasteiger charge is -2.25. The normalized spacial score (nSPS) is 15.3. The van der Waals surface area contributed by atoms with Gasteiger partial charge in [-0.25, -0.2) is 0 Å². The van der Waals surface area contributed by atoms with Gasteiger partial charge in [0.25, 0.3) is 0 Å². The molecule has 0 radical (unpaired) electrons. The SMILES string of the molecule is CC1(C)c2ccccc2-c2ccc3c4ccc5c(c4n(-c4ccc(Cc6ccccc6)cc4)c3c21)C(C)(C)c1ccccc1-5. The summed E-state index contributed by atoms with van der Waals surface area (Å²) in [6.07, 6.45) is 0.934. The first kappa shape index (κ1) is 25.6. The molecule has 9 rings (SSSR count). The molecule has 0 unspecified atom stereocenters. The summed E-state index contributed by atoms with van der Waals surface area (Å²) >= 11 is 0. The van der Waals surface area contributed by atoms with E-state index in [1.54, 1.807) is 0 Å². The summed E-state index contributed by atoms with van der Waals surface area (Å²) in [6, 6.07) is 47.7. The molecule has 0 aliphatic heterocycles. The number of fused-ring (bicyclic) bond motifs is 11. The van der Waals surface area contributed by atoms with E-state index in [4.69, 9.17) is 0 Å². The third kappa shape index (κ3) is 3.30. The van der Waals surface area contributed by atoms with Crippen LogP contribution in [0.25, 0.3) is 49.7 Å². The lowest BCUT2D eigenvalue weighted by atomic mass is 9.81. The molecule has 0 spiro atoms. The molecule has 7 aromatic rings. The Morgan fingerprint density at radius 2 is 0.886 bits per heavy atom. The Hall–Kier alpha value is -4.88. The van der Waals surface area contributed by atoms with Crippen LogP contribution in [-0.2, 0) is 17.3 Å². The molecule has 1 nitrogen and oxygen atoms in total. The molecule has 0 amide bonds. The molecule has 2 aliphatic rings. The minimum atomic E-state index is -0.119. The van der Waals surface area contributed by atoms with Crippen LogP contribution >= 0.6 is 0 Å². The van der Waals surface area contributed by atoms with E-state index in [9.17, 15) is 0 Å². The molecule has 1 heteroatoms. The Kier molecular flexibility index (Phi) is 5.14. The van der Waals surface area contributed by atoms with Crippen molar-refractivity contribution in [2.75, 3.05) is 0 Å². The number of rotatable bonds is 3. The van der Waals surface area contributed by atoms with E-state index in [0.29, 0.717) is 0 Å². The highest BCUT2D eigenvalue weighted by molar-refractivity contribution is 6.16. The largest absolute Gasteiger partial charge is 0.309 e. The second kappa shape index (κ2) is 8.83. The Morgan fingerprint density at radius 3 is 1.41 bits per heavy atom. The number of nitrogens with zero attached hydrogens (tertiary/aromatic N) is 1. The fourth-order valence-electron chi connectivity index (χ4n) is 8.56. The van der Waals surface area contributed by atoms with Gasteiger partial charge >= 0.3 is 0 Å². The van der Waals surface area contributed by atoms with E-state index < -0.39 is 0 Å². The fraction of sp³-hybridized carbons (Fsp3) is 0.163. The molecular weight excluding hydrogens is 530 g/mol. The zero-order valence-electron chi connectivity index (χ0n) is 25.8. The van der Waals surface area contributed by atoms with Crippen LogP contribution in [0, 0.1) is 0 Å². The molecule has 44 heavy (non-hydrogen) atoms. The highest BCUT2D eigenvalue weighted by Gasteiger charge is 2.41. The first-order valence-electron chi connectivity index (χ1n) is 15.8. The zero-order chi connectivity index (χ0) is 29.8. The molecule has 0 saturated carbocycles. The van der Waals surface area contributed by atoms with Gasteiger partial charge in [-0.15, -0.1) is 0 Å². The van der Waals surface area contributed by atoms with E-state index in [1.165, 1.54) is 83.1 Å². The maximum atomic E-state index is 2.62. The Balaban J connectivity index is 1.39. The van der Waals surface area contributed by atoms with Crippen LogP contribution in [0.1, 0.15) is 61.1 Å². The van der Waals surface area contributed by atoms with Crippen LogP contribution < -0.4 is 0 Å². The standard InChI is InChI=1S/C43H35N/c1-42(2)36-16-10-8-14-30(36)32-22-24-34-35-25-23-33-31-15-9-11-17-37(31)43(3,4)39(33)41(35)44(40(34)38(32)42)29-20-18-28(19-21-29)26-27-12-6-5-7-13-27/h5-25H,26H2,1-4H3. The Morgan fingerprint density at radius 1 is 0.432 bits per heavy atom. The van der Waals surface area contributed by atoms with Crippen molar-refractivity contribution >= 4 is 21.8 Å². The zero-order valence-corrected chi connectivity index (χ0v) is 25.8. The van der Waals surface area contributed by atoms with Crippen LogP contribution in [0.3, 0.4) is 0 Å². The topological polar surface area (TPSA) is 4.93 Å². The highest BCUT2D eigenvalue weighted by atomic mass is 15.0. The summed E-state index contributed by atoms with van der Waals surface area (Å²) in [5, 5.41) is 2.67. The third-order valence-corrected chi connectivity index (χ3v) is 10.6. The van der Waals surface area contributed by atoms with Gasteiger partial charge in [-0.2, -0.15) is 0 Å². The maximum absolute atomic E-state index is 2.62. The first-order valence-corrected chi connectivity index (χ1v) is 15.8. The van der Waals surface area contributed by atoms with Gasteiger partial charge < -0.3 is 4.57 Å². The van der Waals surface area contributed by atoms with Gasteiger partial charge in [0.05, 0.1) is 11.0 Å². The monoisotopic (exact) mass is 565 g/mol. The average Bonchev–Trinajstić information content (AvgIpc) is 3.59. The molecule has 1 heterocycles. The van der Waals surface area contributed by atoms with Crippen molar-refractivity contribution in [2.45, 2.75) is 44.9 Å². The first-order chi connectivity index (χ1) is 21.4. The van der Waals surface area contributed by atoms with Crippen molar-refractivity contribution in [2.24, 2.45) is 0 Å². The molecule has 2 aliphatic carbocycles. The minimum Gasteiger partial charge on any atom is -0.309 e. The van der Waals surface area contributed by atoms with Crippen molar-refractivity contribution in [3.05, 3.63) is 161 Å². The van der Waals surface area contributed by atoms with Gasteiger partial charge in [0.15, 0.2) is 0 Å². The van der Waals surface area contributed by atoms with E-state index >= 15 is 0 Å². The van der Waals surface area contributed by atoms with E-state index in [0.717, 1.165) is 6.42 Å². The van der Waals surface area contributed by atoms with Gasteiger partial charge in [-0.05, 0) is 74.2 Å². The number of benzene rings is 6. The van der Waals surface area contributed by atoms with Crippen LogP contribution in [0.15, 0.2) is 127 Å². The van der Waals surface area contributed by atoms with Crippen LogP contribution in [-0.4, -0.2) is 4.57 Å². The molecule has 212 valence electrons. The summed E-state index contributed by atoms with van der Waals surface area (Å²) < 4.78 is 2.62. The predicted molar refractivity (Wildman–Crippen MR) is 185 cm³/mol. The van der Waals surface area contributed by atoms with E-state index in [1.807, 2.05) is 0 Å². The highest BCUT2D eigenvalue weighted by Crippen LogP contribution is 2.56. The van der Waals surface area contributed by atoms with E-state index in [-0.39, 0.29) is 10.8 Å². The Bertz CT molecular complexity index is 2160.